The second-order valence-electron chi connectivity index (χ2n) is 7.34. The van der Waals surface area contributed by atoms with Gasteiger partial charge in [0.1, 0.15) is 23.8 Å². The fourth-order valence-electron chi connectivity index (χ4n) is 3.48. The number of ether oxygens (including phenoxy) is 2. The largest absolute Gasteiger partial charge is 0.496 e. The van der Waals surface area contributed by atoms with Crippen LogP contribution in [0.3, 0.4) is 0 Å². The lowest BCUT2D eigenvalue weighted by Crippen LogP contribution is -2.30. The smallest absolute Gasteiger partial charge is 0.281 e. The summed E-state index contributed by atoms with van der Waals surface area (Å²) in [6.45, 7) is 2.10. The van der Waals surface area contributed by atoms with E-state index in [4.69, 9.17) is 33.3 Å². The Morgan fingerprint density at radius 3 is 2.67 bits per heavy atom. The fourth-order valence-corrected chi connectivity index (χ4v) is 4.56. The van der Waals surface area contributed by atoms with Crippen molar-refractivity contribution in [2.75, 3.05) is 12.0 Å². The van der Waals surface area contributed by atoms with E-state index < -0.39 is 0 Å². The summed E-state index contributed by atoms with van der Waals surface area (Å²) in [5, 5.41) is 8.23. The van der Waals surface area contributed by atoms with E-state index >= 15 is 0 Å². The van der Waals surface area contributed by atoms with Crippen LogP contribution in [-0.2, 0) is 18.4 Å². The number of aryl methyl sites for hydroxylation is 2. The Kier molecular flexibility index (Phi) is 6.73. The van der Waals surface area contributed by atoms with Crippen LogP contribution in [-0.4, -0.2) is 27.9 Å². The van der Waals surface area contributed by atoms with Crippen LogP contribution in [0.1, 0.15) is 16.8 Å². The Balaban J connectivity index is 1.58. The van der Waals surface area contributed by atoms with Gasteiger partial charge in [-0.05, 0) is 77.0 Å². The highest BCUT2D eigenvalue weighted by atomic mass is 79.9. The molecule has 7 nitrogen and oxygen atoms in total. The number of thiocarbonyl (C=S) groups is 1. The Hall–Kier alpha value is -2.88. The first kappa shape index (κ1) is 23.3. The van der Waals surface area contributed by atoms with E-state index in [1.165, 1.54) is 4.90 Å². The number of nitrogens with zero attached hydrogens (tertiary/aromatic N) is 3. The van der Waals surface area contributed by atoms with Crippen molar-refractivity contribution in [3.63, 3.8) is 0 Å². The Labute approximate surface area is 210 Å². The number of nitrogens with one attached hydrogen (secondary N) is 1. The third kappa shape index (κ3) is 4.90. The minimum atomic E-state index is -0.241. The third-order valence-electron chi connectivity index (χ3n) is 5.00. The average molecular weight is 548 g/mol. The summed E-state index contributed by atoms with van der Waals surface area (Å²) in [4.78, 5) is 14.5. The first-order valence-corrected chi connectivity index (χ1v) is 11.5. The van der Waals surface area contributed by atoms with Gasteiger partial charge in [-0.15, -0.1) is 0 Å². The van der Waals surface area contributed by atoms with Crippen molar-refractivity contribution in [2.45, 2.75) is 13.5 Å². The monoisotopic (exact) mass is 546 g/mol. The van der Waals surface area contributed by atoms with Gasteiger partial charge in [0.15, 0.2) is 5.11 Å². The zero-order chi connectivity index (χ0) is 23.7. The van der Waals surface area contributed by atoms with Crippen molar-refractivity contribution in [3.05, 3.63) is 74.6 Å². The Morgan fingerprint density at radius 1 is 1.24 bits per heavy atom. The van der Waals surface area contributed by atoms with Crippen LogP contribution in [0.15, 0.2) is 52.8 Å². The van der Waals surface area contributed by atoms with Gasteiger partial charge < -0.3 is 14.8 Å². The number of carbonyl (C=O) groups is 1. The van der Waals surface area contributed by atoms with Gasteiger partial charge in [0.05, 0.1) is 23.0 Å². The molecule has 0 atom stereocenters. The van der Waals surface area contributed by atoms with Gasteiger partial charge in [0.25, 0.3) is 5.91 Å². The minimum Gasteiger partial charge on any atom is -0.496 e. The maximum absolute atomic E-state index is 13.1. The van der Waals surface area contributed by atoms with E-state index in [2.05, 4.69) is 26.3 Å². The van der Waals surface area contributed by atoms with E-state index in [0.717, 1.165) is 15.6 Å². The van der Waals surface area contributed by atoms with Gasteiger partial charge in [-0.2, -0.15) is 5.10 Å². The third-order valence-corrected chi connectivity index (χ3v) is 6.14. The molecule has 1 N–H and O–H groups in total. The molecule has 2 heterocycles. The zero-order valence-electron chi connectivity index (χ0n) is 18.1. The van der Waals surface area contributed by atoms with Crippen molar-refractivity contribution in [1.29, 1.82) is 0 Å². The molecule has 4 rings (SSSR count). The van der Waals surface area contributed by atoms with E-state index in [-0.39, 0.29) is 12.5 Å². The topological polar surface area (TPSA) is 68.6 Å². The molecular weight excluding hydrogens is 528 g/mol. The molecule has 0 aliphatic carbocycles. The summed E-state index contributed by atoms with van der Waals surface area (Å²) in [5.74, 6) is 1.09. The molecule has 0 radical (unpaired) electrons. The fraction of sp³-hybridized carbons (Fsp3) is 0.174. The highest BCUT2D eigenvalue weighted by molar-refractivity contribution is 9.10. The van der Waals surface area contributed by atoms with Gasteiger partial charge in [0, 0.05) is 23.8 Å². The van der Waals surface area contributed by atoms with Crippen LogP contribution in [0, 0.1) is 6.92 Å². The molecule has 2 aromatic carbocycles. The first-order chi connectivity index (χ1) is 15.8. The molecule has 1 fully saturated rings. The van der Waals surface area contributed by atoms with Gasteiger partial charge in [-0.3, -0.25) is 9.48 Å². The Morgan fingerprint density at radius 2 is 2.00 bits per heavy atom. The molecule has 0 bridgehead atoms. The molecule has 0 spiro atoms. The molecule has 1 amide bonds. The number of hydrogen-bond donors (Lipinski definition) is 1. The molecule has 1 saturated heterocycles. The molecule has 3 aromatic rings. The maximum atomic E-state index is 13.1. The number of anilines is 1. The van der Waals surface area contributed by atoms with E-state index in [9.17, 15) is 4.79 Å². The molecule has 10 heteroatoms. The second kappa shape index (κ2) is 9.54. The number of halogens is 2. The number of rotatable bonds is 6. The zero-order valence-corrected chi connectivity index (χ0v) is 21.2. The molecular formula is C23H20BrClN4O3S. The minimum absolute atomic E-state index is 0.241. The molecule has 33 heavy (non-hydrogen) atoms. The van der Waals surface area contributed by atoms with Crippen LogP contribution >= 0.6 is 39.7 Å². The molecule has 1 aliphatic heterocycles. The number of hydrogen-bond acceptors (Lipinski definition) is 5. The standard InChI is InChI=1S/C23H20BrClN4O3S/c1-13-19(11-28(2)27-13)29-22(30)18(26-23(29)33)9-14-4-6-20(31-3)15(8-14)12-32-21-7-5-16(25)10-17(21)24/h4-11H,12H2,1-3H3,(H,26,33)/b18-9+. The van der Waals surface area contributed by atoms with E-state index in [0.29, 0.717) is 38.7 Å². The molecule has 0 unspecified atom stereocenters. The average Bonchev–Trinajstić information content (AvgIpc) is 3.23. The highest BCUT2D eigenvalue weighted by Crippen LogP contribution is 2.31. The number of amides is 1. The normalized spacial score (nSPS) is 14.7. The van der Waals surface area contributed by atoms with E-state index in [1.807, 2.05) is 25.1 Å². The summed E-state index contributed by atoms with van der Waals surface area (Å²) < 4.78 is 13.8. The predicted octanol–water partition coefficient (Wildman–Crippen LogP) is 4.99. The van der Waals surface area contributed by atoms with Gasteiger partial charge >= 0.3 is 0 Å². The lowest BCUT2D eigenvalue weighted by molar-refractivity contribution is -0.113. The van der Waals surface area contributed by atoms with Crippen LogP contribution < -0.4 is 19.7 Å². The number of benzene rings is 2. The summed E-state index contributed by atoms with van der Waals surface area (Å²) in [7, 11) is 3.40. The summed E-state index contributed by atoms with van der Waals surface area (Å²) in [6, 6.07) is 10.9. The van der Waals surface area contributed by atoms with Gasteiger partial charge in [0.2, 0.25) is 0 Å². The Bertz CT molecular complexity index is 1290. The van der Waals surface area contributed by atoms with Crippen molar-refractivity contribution < 1.29 is 14.3 Å². The van der Waals surface area contributed by atoms with Crippen LogP contribution in [0.4, 0.5) is 5.69 Å². The van der Waals surface area contributed by atoms with Crippen molar-refractivity contribution in [1.82, 2.24) is 15.1 Å². The molecule has 1 aliphatic rings. The highest BCUT2D eigenvalue weighted by Gasteiger charge is 2.33. The SMILES string of the molecule is COc1ccc(/C=C2/NC(=S)N(c3cn(C)nc3C)C2=O)cc1COc1ccc(Cl)cc1Br. The van der Waals surface area contributed by atoms with Crippen molar-refractivity contribution in [3.8, 4) is 11.5 Å². The van der Waals surface area contributed by atoms with Crippen LogP contribution in [0.25, 0.3) is 6.08 Å². The van der Waals surface area contributed by atoms with Crippen molar-refractivity contribution in [2.24, 2.45) is 7.05 Å². The second-order valence-corrected chi connectivity index (χ2v) is 9.01. The van der Waals surface area contributed by atoms with Crippen LogP contribution in [0.2, 0.25) is 5.02 Å². The van der Waals surface area contributed by atoms with Gasteiger partial charge in [-0.25, -0.2) is 4.90 Å². The number of carbonyl (C=O) groups excluding carboxylic acids is 1. The predicted molar refractivity (Wildman–Crippen MR) is 136 cm³/mol. The first-order valence-electron chi connectivity index (χ1n) is 9.89. The maximum Gasteiger partial charge on any atom is 0.281 e. The molecule has 0 saturated carbocycles. The van der Waals surface area contributed by atoms with Crippen molar-refractivity contribution >= 4 is 62.5 Å². The molecule has 170 valence electrons. The molecule has 1 aromatic heterocycles. The summed E-state index contributed by atoms with van der Waals surface area (Å²) in [5.41, 5.74) is 3.37. The van der Waals surface area contributed by atoms with Crippen LogP contribution in [0.5, 0.6) is 11.5 Å². The summed E-state index contributed by atoms with van der Waals surface area (Å²) in [6.07, 6.45) is 3.52. The lowest BCUT2D eigenvalue weighted by atomic mass is 10.1. The van der Waals surface area contributed by atoms with E-state index in [1.54, 1.807) is 49.3 Å². The lowest BCUT2D eigenvalue weighted by Gasteiger charge is -2.13. The van der Waals surface area contributed by atoms with Gasteiger partial charge in [-0.1, -0.05) is 17.7 Å². The number of aromatic nitrogens is 2. The summed E-state index contributed by atoms with van der Waals surface area (Å²) >= 11 is 14.9. The quantitative estimate of drug-likeness (QED) is 0.346. The number of methoxy groups -OCH3 is 1.